The van der Waals surface area contributed by atoms with Crippen LogP contribution >= 0.6 is 0 Å². The van der Waals surface area contributed by atoms with Crippen LogP contribution in [0.3, 0.4) is 0 Å². The van der Waals surface area contributed by atoms with Gasteiger partial charge in [0.2, 0.25) is 0 Å². The molecule has 0 bridgehead atoms. The first-order chi connectivity index (χ1) is 9.60. The molecule has 2 rings (SSSR count). The Morgan fingerprint density at radius 3 is 2.85 bits per heavy atom. The number of hydrogen-bond donors (Lipinski definition) is 2. The highest BCUT2D eigenvalue weighted by Gasteiger charge is 2.36. The molecule has 0 aliphatic carbocycles. The van der Waals surface area contributed by atoms with Crippen LogP contribution in [0.15, 0.2) is 30.3 Å². The van der Waals surface area contributed by atoms with Gasteiger partial charge in [-0.25, -0.2) is 0 Å². The highest BCUT2D eigenvalue weighted by molar-refractivity contribution is 5.13. The zero-order chi connectivity index (χ0) is 14.4. The average Bonchev–Trinajstić information content (AvgIpc) is 2.78. The Morgan fingerprint density at radius 1 is 1.45 bits per heavy atom. The van der Waals surface area contributed by atoms with Crippen molar-refractivity contribution in [3.8, 4) is 0 Å². The van der Waals surface area contributed by atoms with Crippen LogP contribution in [0.25, 0.3) is 0 Å². The van der Waals surface area contributed by atoms with Gasteiger partial charge in [-0.05, 0) is 25.8 Å². The summed E-state index contributed by atoms with van der Waals surface area (Å²) in [6.45, 7) is 6.40. The van der Waals surface area contributed by atoms with Crippen molar-refractivity contribution >= 4 is 0 Å². The molecule has 1 aliphatic rings. The van der Waals surface area contributed by atoms with Gasteiger partial charge in [-0.15, -0.1) is 0 Å². The monoisotopic (exact) mass is 279 g/mol. The molecule has 0 spiro atoms. The third kappa shape index (κ3) is 4.28. The fraction of sp³-hybridized carbons (Fsp3) is 0.625. The number of nitrogens with one attached hydrogen (secondary N) is 1. The van der Waals surface area contributed by atoms with Gasteiger partial charge in [0, 0.05) is 18.7 Å². The van der Waals surface area contributed by atoms with Crippen LogP contribution in [-0.4, -0.2) is 42.6 Å². The van der Waals surface area contributed by atoms with Crippen LogP contribution in [0.5, 0.6) is 0 Å². The molecule has 1 fully saturated rings. The third-order valence-corrected chi connectivity index (χ3v) is 4.05. The second kappa shape index (κ2) is 7.18. The Kier molecular flexibility index (Phi) is 5.54. The van der Waals surface area contributed by atoms with Crippen molar-refractivity contribution in [3.05, 3.63) is 35.9 Å². The highest BCUT2D eigenvalue weighted by atomic mass is 16.5. The number of benzene rings is 1. The third-order valence-electron chi connectivity index (χ3n) is 4.05. The van der Waals surface area contributed by atoms with Gasteiger partial charge in [-0.3, -0.25) is 0 Å². The summed E-state index contributed by atoms with van der Waals surface area (Å²) in [5, 5.41) is 13.4. The molecule has 0 saturated carbocycles. The van der Waals surface area contributed by atoms with Gasteiger partial charge in [0.25, 0.3) is 0 Å². The van der Waals surface area contributed by atoms with Gasteiger partial charge in [-0.1, -0.05) is 30.3 Å². The summed E-state index contributed by atoms with van der Waals surface area (Å²) in [5.41, 5.74) is 1.08. The minimum absolute atomic E-state index is 0.0413. The molecule has 2 N–H and O–H groups in total. The predicted octanol–water partition coefficient (Wildman–Crippen LogP) is 1.72. The van der Waals surface area contributed by atoms with Crippen molar-refractivity contribution in [3.63, 3.8) is 0 Å². The summed E-state index contributed by atoms with van der Waals surface area (Å²) in [4.78, 5) is 0. The molecule has 3 unspecified atom stereocenters. The van der Waals surface area contributed by atoms with Gasteiger partial charge in [0.15, 0.2) is 0 Å². The van der Waals surface area contributed by atoms with E-state index in [0.29, 0.717) is 19.8 Å². The van der Waals surface area contributed by atoms with Crippen LogP contribution in [0.4, 0.5) is 0 Å². The van der Waals surface area contributed by atoms with E-state index >= 15 is 0 Å². The number of aliphatic hydroxyl groups excluding tert-OH is 1. The molecule has 20 heavy (non-hydrogen) atoms. The summed E-state index contributed by atoms with van der Waals surface area (Å²) in [7, 11) is 0. The van der Waals surface area contributed by atoms with Crippen LogP contribution in [-0.2, 0) is 16.1 Å². The van der Waals surface area contributed by atoms with E-state index in [-0.39, 0.29) is 11.6 Å². The molecule has 0 radical (unpaired) electrons. The highest BCUT2D eigenvalue weighted by Crippen LogP contribution is 2.24. The zero-order valence-electron chi connectivity index (χ0n) is 12.3. The molecule has 4 nitrogen and oxygen atoms in total. The van der Waals surface area contributed by atoms with Crippen molar-refractivity contribution in [2.24, 2.45) is 0 Å². The largest absolute Gasteiger partial charge is 0.389 e. The van der Waals surface area contributed by atoms with Crippen LogP contribution in [0.2, 0.25) is 0 Å². The van der Waals surface area contributed by atoms with Gasteiger partial charge in [0.1, 0.15) is 0 Å². The first-order valence-corrected chi connectivity index (χ1v) is 7.26. The first kappa shape index (κ1) is 15.4. The van der Waals surface area contributed by atoms with E-state index in [2.05, 4.69) is 19.2 Å². The fourth-order valence-electron chi connectivity index (χ4n) is 2.36. The Morgan fingerprint density at radius 2 is 2.20 bits per heavy atom. The number of hydrogen-bond acceptors (Lipinski definition) is 4. The summed E-state index contributed by atoms with van der Waals surface area (Å²) in [6, 6.07) is 9.98. The van der Waals surface area contributed by atoms with Crippen molar-refractivity contribution in [2.75, 3.05) is 19.8 Å². The predicted molar refractivity (Wildman–Crippen MR) is 78.5 cm³/mol. The smallest absolute Gasteiger partial charge is 0.0898 e. The summed E-state index contributed by atoms with van der Waals surface area (Å²) < 4.78 is 11.1. The maximum atomic E-state index is 9.96. The van der Waals surface area contributed by atoms with Crippen LogP contribution in [0, 0.1) is 0 Å². The summed E-state index contributed by atoms with van der Waals surface area (Å²) in [5.74, 6) is 0. The molecule has 0 amide bonds. The lowest BCUT2D eigenvalue weighted by Gasteiger charge is -2.30. The van der Waals surface area contributed by atoms with Gasteiger partial charge in [-0.2, -0.15) is 0 Å². The molecule has 4 heteroatoms. The van der Waals surface area contributed by atoms with Crippen molar-refractivity contribution in [1.29, 1.82) is 0 Å². The van der Waals surface area contributed by atoms with Crippen molar-refractivity contribution in [2.45, 2.75) is 44.6 Å². The van der Waals surface area contributed by atoms with Gasteiger partial charge >= 0.3 is 0 Å². The van der Waals surface area contributed by atoms with Gasteiger partial charge < -0.3 is 19.9 Å². The molecule has 1 aliphatic heterocycles. The second-order valence-electron chi connectivity index (χ2n) is 5.72. The summed E-state index contributed by atoms with van der Waals surface area (Å²) in [6.07, 6.45) is 0.662. The lowest BCUT2D eigenvalue weighted by Crippen LogP contribution is -2.50. The van der Waals surface area contributed by atoms with E-state index in [1.807, 2.05) is 30.3 Å². The topological polar surface area (TPSA) is 50.7 Å². The van der Waals surface area contributed by atoms with E-state index in [1.165, 1.54) is 0 Å². The minimum atomic E-state index is -0.497. The normalized spacial score (nSPS) is 27.6. The number of rotatable bonds is 7. The molecular formula is C16H25NO3. The Bertz CT molecular complexity index is 398. The number of β-amino-alcohol motifs (C(OH)–C–C–N with tert-alkyl or cyclic N) is 1. The van der Waals surface area contributed by atoms with Crippen LogP contribution in [0.1, 0.15) is 25.8 Å². The Labute approximate surface area is 121 Å². The maximum Gasteiger partial charge on any atom is 0.0898 e. The van der Waals surface area contributed by atoms with E-state index in [0.717, 1.165) is 18.6 Å². The van der Waals surface area contributed by atoms with E-state index in [4.69, 9.17) is 9.47 Å². The molecule has 1 heterocycles. The first-order valence-electron chi connectivity index (χ1n) is 7.26. The van der Waals surface area contributed by atoms with Crippen molar-refractivity contribution in [1.82, 2.24) is 5.32 Å². The fourth-order valence-corrected chi connectivity index (χ4v) is 2.36. The Balaban J connectivity index is 1.64. The van der Waals surface area contributed by atoms with E-state index in [1.54, 1.807) is 0 Å². The van der Waals surface area contributed by atoms with E-state index in [9.17, 15) is 5.11 Å². The average molecular weight is 279 g/mol. The Hall–Kier alpha value is -0.940. The summed E-state index contributed by atoms with van der Waals surface area (Å²) >= 11 is 0. The molecule has 1 aromatic rings. The second-order valence-corrected chi connectivity index (χ2v) is 5.72. The molecular weight excluding hydrogens is 254 g/mol. The maximum absolute atomic E-state index is 9.96. The lowest BCUT2D eigenvalue weighted by atomic mass is 9.94. The lowest BCUT2D eigenvalue weighted by molar-refractivity contribution is 0.0209. The molecule has 112 valence electrons. The standard InChI is InChI=1S/C16H25NO3/c1-13-16(2,8-9-20-13)17-10-15(18)12-19-11-14-6-4-3-5-7-14/h3-7,13,15,17-18H,8-12H2,1-2H3. The SMILES string of the molecule is CC1OCCC1(C)NCC(O)COCc1ccccc1. The van der Waals surface area contributed by atoms with Gasteiger partial charge in [0.05, 0.1) is 25.4 Å². The molecule has 1 saturated heterocycles. The van der Waals surface area contributed by atoms with Crippen LogP contribution < -0.4 is 5.32 Å². The minimum Gasteiger partial charge on any atom is -0.389 e. The molecule has 1 aromatic carbocycles. The quantitative estimate of drug-likeness (QED) is 0.798. The number of aliphatic hydroxyl groups is 1. The zero-order valence-corrected chi connectivity index (χ0v) is 12.3. The molecule has 0 aromatic heterocycles. The van der Waals surface area contributed by atoms with Crippen molar-refractivity contribution < 1.29 is 14.6 Å². The van der Waals surface area contributed by atoms with E-state index < -0.39 is 6.10 Å². The molecule has 3 atom stereocenters. The number of ether oxygens (including phenoxy) is 2.